The van der Waals surface area contributed by atoms with Crippen LogP contribution in [-0.4, -0.2) is 64.9 Å². The molecule has 11 heteroatoms. The Morgan fingerprint density at radius 2 is 1.73 bits per heavy atom. The predicted octanol–water partition coefficient (Wildman–Crippen LogP) is 4.94. The highest BCUT2D eigenvalue weighted by Gasteiger charge is 2.31. The zero-order valence-corrected chi connectivity index (χ0v) is 23.1. The molecular weight excluding hydrogens is 533 g/mol. The van der Waals surface area contributed by atoms with Gasteiger partial charge in [-0.3, -0.25) is 4.79 Å². The number of nitrogens with one attached hydrogen (secondary N) is 1. The van der Waals surface area contributed by atoms with Gasteiger partial charge in [-0.15, -0.1) is 13.2 Å². The maximum Gasteiger partial charge on any atom is 0.573 e. The van der Waals surface area contributed by atoms with Crippen LogP contribution in [0.25, 0.3) is 11.2 Å². The van der Waals surface area contributed by atoms with Crippen LogP contribution in [0.1, 0.15) is 36.3 Å². The van der Waals surface area contributed by atoms with E-state index in [1.165, 1.54) is 17.8 Å². The third-order valence-electron chi connectivity index (χ3n) is 7.30. The molecule has 1 aliphatic rings. The normalized spacial score (nSPS) is 15.2. The number of aromatic nitrogens is 3. The fourth-order valence-electron chi connectivity index (χ4n) is 5.00. The van der Waals surface area contributed by atoms with E-state index in [2.05, 4.69) is 61.1 Å². The van der Waals surface area contributed by atoms with Crippen LogP contribution in [0.15, 0.2) is 66.9 Å². The van der Waals surface area contributed by atoms with Crippen molar-refractivity contribution in [2.24, 2.45) is 0 Å². The Labute approximate surface area is 236 Å². The summed E-state index contributed by atoms with van der Waals surface area (Å²) in [5.74, 6) is 0.296. The molecular formula is C30H33F3N6O2. The first-order valence-corrected chi connectivity index (χ1v) is 13.6. The second-order valence-electron chi connectivity index (χ2n) is 10.3. The summed E-state index contributed by atoms with van der Waals surface area (Å²) in [6.45, 7) is 6.39. The molecule has 1 fully saturated rings. The number of pyridine rings is 1. The fourth-order valence-corrected chi connectivity index (χ4v) is 5.00. The molecule has 1 atom stereocenters. The zero-order valence-electron chi connectivity index (χ0n) is 23.1. The minimum absolute atomic E-state index is 0.0964. The van der Waals surface area contributed by atoms with Crippen LogP contribution in [0, 0.1) is 0 Å². The molecule has 8 nitrogen and oxygen atoms in total. The molecule has 2 aromatic carbocycles. The van der Waals surface area contributed by atoms with E-state index in [1.807, 2.05) is 17.6 Å². The molecule has 0 bridgehead atoms. The number of halogens is 3. The molecule has 3 heterocycles. The SMILES string of the molecule is C[C@H](NC(=O)CCc1nc2cccnc2n1Cc1ccc(OC(F)(F)F)cc1)c1ccc(N2CCN(C)CC2)cc1. The van der Waals surface area contributed by atoms with Crippen LogP contribution in [0.2, 0.25) is 0 Å². The van der Waals surface area contributed by atoms with Gasteiger partial charge in [0.25, 0.3) is 0 Å². The Morgan fingerprint density at radius 1 is 1.02 bits per heavy atom. The Balaban J connectivity index is 1.21. The number of fused-ring (bicyclic) bond motifs is 1. The molecule has 2 aromatic heterocycles. The zero-order chi connectivity index (χ0) is 29.0. The van der Waals surface area contributed by atoms with E-state index in [4.69, 9.17) is 0 Å². The lowest BCUT2D eigenvalue weighted by Crippen LogP contribution is -2.44. The maximum atomic E-state index is 12.9. The van der Waals surface area contributed by atoms with Gasteiger partial charge in [0.2, 0.25) is 5.91 Å². The molecule has 0 aliphatic carbocycles. The van der Waals surface area contributed by atoms with Crippen LogP contribution in [0.3, 0.4) is 0 Å². The number of aryl methyl sites for hydroxylation is 1. The molecule has 41 heavy (non-hydrogen) atoms. The summed E-state index contributed by atoms with van der Waals surface area (Å²) in [5.41, 5.74) is 4.31. The third kappa shape index (κ3) is 7.35. The number of benzene rings is 2. The molecule has 1 aliphatic heterocycles. The summed E-state index contributed by atoms with van der Waals surface area (Å²) < 4.78 is 43.4. The Morgan fingerprint density at radius 3 is 2.41 bits per heavy atom. The van der Waals surface area contributed by atoms with E-state index >= 15 is 0 Å². The summed E-state index contributed by atoms with van der Waals surface area (Å²) in [7, 11) is 2.14. The van der Waals surface area contributed by atoms with Gasteiger partial charge in [-0.2, -0.15) is 0 Å². The van der Waals surface area contributed by atoms with Crippen LogP contribution in [0.5, 0.6) is 5.75 Å². The quantitative estimate of drug-likeness (QED) is 0.310. The minimum atomic E-state index is -4.74. The van der Waals surface area contributed by atoms with Gasteiger partial charge in [0.05, 0.1) is 12.6 Å². The van der Waals surface area contributed by atoms with Gasteiger partial charge < -0.3 is 24.4 Å². The van der Waals surface area contributed by atoms with Gasteiger partial charge in [0.1, 0.15) is 17.1 Å². The summed E-state index contributed by atoms with van der Waals surface area (Å²) in [4.78, 5) is 26.7. The first-order valence-electron chi connectivity index (χ1n) is 13.6. The number of likely N-dealkylation sites (N-methyl/N-ethyl adjacent to an activating group) is 1. The number of anilines is 1. The van der Waals surface area contributed by atoms with Crippen LogP contribution >= 0.6 is 0 Å². The highest BCUT2D eigenvalue weighted by Crippen LogP contribution is 2.24. The number of ether oxygens (including phenoxy) is 1. The van der Waals surface area contributed by atoms with E-state index in [-0.39, 0.29) is 24.1 Å². The third-order valence-corrected chi connectivity index (χ3v) is 7.30. The summed E-state index contributed by atoms with van der Waals surface area (Å²) in [5, 5.41) is 3.08. The molecule has 4 aromatic rings. The number of hydrogen-bond donors (Lipinski definition) is 1. The Bertz CT molecular complexity index is 1460. The summed E-state index contributed by atoms with van der Waals surface area (Å²) >= 11 is 0. The Kier molecular flexibility index (Phi) is 8.44. The van der Waals surface area contributed by atoms with Crippen molar-refractivity contribution in [3.8, 4) is 5.75 Å². The van der Waals surface area contributed by atoms with Crippen molar-refractivity contribution in [2.45, 2.75) is 38.7 Å². The standard InChI is InChI=1S/C30H33F3N6O2/c1-21(23-7-9-24(10-8-23)38-18-16-37(2)17-19-38)35-28(40)14-13-27-36-26-4-3-15-34-29(26)39(27)20-22-5-11-25(12-6-22)41-30(31,32)33/h3-12,15,21H,13-14,16-20H2,1-2H3,(H,35,40)/t21-/m0/s1. The number of rotatable bonds is 9. The van der Waals surface area contributed by atoms with Crippen LogP contribution < -0.4 is 15.0 Å². The summed E-state index contributed by atoms with van der Waals surface area (Å²) in [6.07, 6.45) is -2.48. The monoisotopic (exact) mass is 566 g/mol. The second kappa shape index (κ2) is 12.2. The van der Waals surface area contributed by atoms with Gasteiger partial charge in [-0.05, 0) is 61.5 Å². The Hall–Kier alpha value is -4.12. The average molecular weight is 567 g/mol. The molecule has 0 saturated carbocycles. The molecule has 1 amide bonds. The molecule has 1 saturated heterocycles. The van der Waals surface area contributed by atoms with Crippen LogP contribution in [0.4, 0.5) is 18.9 Å². The lowest BCUT2D eigenvalue weighted by molar-refractivity contribution is -0.274. The summed E-state index contributed by atoms with van der Waals surface area (Å²) in [6, 6.07) is 17.5. The second-order valence-corrected chi connectivity index (χ2v) is 10.3. The van der Waals surface area contributed by atoms with E-state index in [1.54, 1.807) is 24.4 Å². The van der Waals surface area contributed by atoms with Crippen molar-refractivity contribution in [3.63, 3.8) is 0 Å². The van der Waals surface area contributed by atoms with Gasteiger partial charge in [-0.25, -0.2) is 9.97 Å². The van der Waals surface area contributed by atoms with Gasteiger partial charge in [0, 0.05) is 50.9 Å². The van der Waals surface area contributed by atoms with E-state index in [0.717, 1.165) is 37.3 Å². The molecule has 0 radical (unpaired) electrons. The molecule has 5 rings (SSSR count). The van der Waals surface area contributed by atoms with Crippen molar-refractivity contribution in [1.82, 2.24) is 24.8 Å². The van der Waals surface area contributed by atoms with Crippen LogP contribution in [-0.2, 0) is 17.8 Å². The number of imidazole rings is 1. The number of piperazine rings is 1. The number of amides is 1. The number of hydrogen-bond acceptors (Lipinski definition) is 6. The lowest BCUT2D eigenvalue weighted by Gasteiger charge is -2.34. The van der Waals surface area contributed by atoms with Gasteiger partial charge in [-0.1, -0.05) is 24.3 Å². The van der Waals surface area contributed by atoms with Crippen molar-refractivity contribution >= 4 is 22.8 Å². The molecule has 0 spiro atoms. The fraction of sp³-hybridized carbons (Fsp3) is 0.367. The first-order chi connectivity index (χ1) is 19.6. The number of carbonyl (C=O) groups is 1. The van der Waals surface area contributed by atoms with E-state index in [9.17, 15) is 18.0 Å². The topological polar surface area (TPSA) is 75.5 Å². The maximum absolute atomic E-state index is 12.9. The minimum Gasteiger partial charge on any atom is -0.406 e. The number of alkyl halides is 3. The van der Waals surface area contributed by atoms with Gasteiger partial charge >= 0.3 is 6.36 Å². The smallest absolute Gasteiger partial charge is 0.406 e. The van der Waals surface area contributed by atoms with Crippen molar-refractivity contribution < 1.29 is 22.7 Å². The van der Waals surface area contributed by atoms with Crippen molar-refractivity contribution in [1.29, 1.82) is 0 Å². The highest BCUT2D eigenvalue weighted by atomic mass is 19.4. The highest BCUT2D eigenvalue weighted by molar-refractivity contribution is 5.77. The van der Waals surface area contributed by atoms with E-state index < -0.39 is 6.36 Å². The molecule has 0 unspecified atom stereocenters. The largest absolute Gasteiger partial charge is 0.573 e. The average Bonchev–Trinajstić information content (AvgIpc) is 3.30. The van der Waals surface area contributed by atoms with Crippen molar-refractivity contribution in [2.75, 3.05) is 38.1 Å². The van der Waals surface area contributed by atoms with E-state index in [0.29, 0.717) is 30.0 Å². The lowest BCUT2D eigenvalue weighted by atomic mass is 10.1. The van der Waals surface area contributed by atoms with Gasteiger partial charge in [0.15, 0.2) is 5.65 Å². The van der Waals surface area contributed by atoms with Crippen molar-refractivity contribution in [3.05, 3.63) is 83.8 Å². The molecule has 216 valence electrons. The first kappa shape index (κ1) is 28.4. The number of carbonyl (C=O) groups excluding carboxylic acids is 1. The number of nitrogens with zero attached hydrogens (tertiary/aromatic N) is 5. The molecule has 1 N–H and O–H groups in total. The predicted molar refractivity (Wildman–Crippen MR) is 151 cm³/mol.